The van der Waals surface area contributed by atoms with Crippen LogP contribution >= 0.6 is 15.9 Å². The van der Waals surface area contributed by atoms with Crippen LogP contribution in [0.4, 0.5) is 0 Å². The normalized spacial score (nSPS) is 33.6. The maximum Gasteiger partial charge on any atom is 0.0175 e. The molecule has 1 saturated heterocycles. The summed E-state index contributed by atoms with van der Waals surface area (Å²) < 4.78 is 1.19. The first kappa shape index (κ1) is 11.7. The van der Waals surface area contributed by atoms with E-state index in [0.717, 1.165) is 18.0 Å². The van der Waals surface area contributed by atoms with E-state index < -0.39 is 0 Å². The summed E-state index contributed by atoms with van der Waals surface area (Å²) in [6.45, 7) is 3.72. The van der Waals surface area contributed by atoms with Gasteiger partial charge in [0, 0.05) is 16.6 Å². The highest BCUT2D eigenvalue weighted by Crippen LogP contribution is 2.42. The van der Waals surface area contributed by atoms with Crippen LogP contribution < -0.4 is 0 Å². The molecule has 1 heterocycles. The molecule has 2 aliphatic rings. The molecular weight excluding hydrogens is 274 g/mol. The average Bonchev–Trinajstić information content (AvgIpc) is 2.66. The van der Waals surface area contributed by atoms with Crippen LogP contribution in [0.25, 0.3) is 0 Å². The van der Waals surface area contributed by atoms with Crippen LogP contribution in [0.5, 0.6) is 0 Å². The fourth-order valence-corrected chi connectivity index (χ4v) is 3.63. The van der Waals surface area contributed by atoms with E-state index in [1.54, 1.807) is 0 Å². The summed E-state index contributed by atoms with van der Waals surface area (Å²) in [4.78, 5) is 2.73. The average molecular weight is 294 g/mol. The molecule has 1 aliphatic heterocycles. The van der Waals surface area contributed by atoms with Gasteiger partial charge in [0.25, 0.3) is 0 Å². The van der Waals surface area contributed by atoms with Crippen molar-refractivity contribution in [3.05, 3.63) is 34.3 Å². The van der Waals surface area contributed by atoms with E-state index in [4.69, 9.17) is 0 Å². The molecule has 0 bridgehead atoms. The Morgan fingerprint density at radius 2 is 1.88 bits per heavy atom. The SMILES string of the molecule is CC1CCCN1C1CC(c2ccc(Br)cc2)C1. The zero-order chi connectivity index (χ0) is 11.8. The second kappa shape index (κ2) is 4.74. The van der Waals surface area contributed by atoms with Gasteiger partial charge < -0.3 is 0 Å². The molecule has 1 atom stereocenters. The van der Waals surface area contributed by atoms with E-state index in [9.17, 15) is 0 Å². The van der Waals surface area contributed by atoms with Crippen LogP contribution in [-0.4, -0.2) is 23.5 Å². The van der Waals surface area contributed by atoms with Crippen molar-refractivity contribution in [2.75, 3.05) is 6.54 Å². The van der Waals surface area contributed by atoms with Crippen LogP contribution in [0.2, 0.25) is 0 Å². The van der Waals surface area contributed by atoms with Crippen molar-refractivity contribution in [2.45, 2.75) is 50.6 Å². The number of likely N-dealkylation sites (tertiary alicyclic amines) is 1. The third-order valence-electron chi connectivity index (χ3n) is 4.53. The number of hydrogen-bond acceptors (Lipinski definition) is 1. The lowest BCUT2D eigenvalue weighted by atomic mass is 9.75. The second-order valence-corrected chi connectivity index (χ2v) is 6.52. The van der Waals surface area contributed by atoms with Crippen molar-refractivity contribution in [1.29, 1.82) is 0 Å². The number of rotatable bonds is 2. The molecule has 17 heavy (non-hydrogen) atoms. The van der Waals surface area contributed by atoms with E-state index >= 15 is 0 Å². The minimum atomic E-state index is 0.806. The molecule has 92 valence electrons. The van der Waals surface area contributed by atoms with Crippen LogP contribution in [0.15, 0.2) is 28.7 Å². The summed E-state index contributed by atoms with van der Waals surface area (Å²) >= 11 is 3.50. The van der Waals surface area contributed by atoms with Crippen LogP contribution in [0, 0.1) is 0 Å². The summed E-state index contributed by atoms with van der Waals surface area (Å²) in [7, 11) is 0. The lowest BCUT2D eigenvalue weighted by Crippen LogP contribution is -2.45. The number of benzene rings is 1. The van der Waals surface area contributed by atoms with E-state index in [0.29, 0.717) is 0 Å². The summed E-state index contributed by atoms with van der Waals surface area (Å²) in [5.41, 5.74) is 1.52. The van der Waals surface area contributed by atoms with Gasteiger partial charge in [-0.25, -0.2) is 0 Å². The van der Waals surface area contributed by atoms with Gasteiger partial charge in [-0.15, -0.1) is 0 Å². The van der Waals surface area contributed by atoms with Gasteiger partial charge in [0.2, 0.25) is 0 Å². The minimum Gasteiger partial charge on any atom is -0.298 e. The monoisotopic (exact) mass is 293 g/mol. The molecule has 1 aromatic carbocycles. The fraction of sp³-hybridized carbons (Fsp3) is 0.600. The lowest BCUT2D eigenvalue weighted by Gasteiger charge is -2.43. The summed E-state index contributed by atoms with van der Waals surface area (Å²) in [6.07, 6.45) is 5.54. The largest absolute Gasteiger partial charge is 0.298 e. The predicted octanol–water partition coefficient (Wildman–Crippen LogP) is 4.18. The Balaban J connectivity index is 1.59. The van der Waals surface area contributed by atoms with E-state index in [-0.39, 0.29) is 0 Å². The molecule has 1 saturated carbocycles. The van der Waals surface area contributed by atoms with E-state index in [1.807, 2.05) is 0 Å². The maximum absolute atomic E-state index is 3.50. The lowest BCUT2D eigenvalue weighted by molar-refractivity contribution is 0.103. The molecular formula is C15H20BrN. The van der Waals surface area contributed by atoms with E-state index in [2.05, 4.69) is 52.0 Å². The molecule has 0 N–H and O–H groups in total. The van der Waals surface area contributed by atoms with Crippen molar-refractivity contribution in [1.82, 2.24) is 4.90 Å². The van der Waals surface area contributed by atoms with Crippen molar-refractivity contribution in [2.24, 2.45) is 0 Å². The van der Waals surface area contributed by atoms with Crippen molar-refractivity contribution >= 4 is 15.9 Å². The van der Waals surface area contributed by atoms with E-state index in [1.165, 1.54) is 42.3 Å². The third kappa shape index (κ3) is 2.30. The molecule has 0 aromatic heterocycles. The van der Waals surface area contributed by atoms with Gasteiger partial charge in [0.05, 0.1) is 0 Å². The first-order chi connectivity index (χ1) is 8.24. The molecule has 1 aromatic rings. The number of hydrogen-bond donors (Lipinski definition) is 0. The first-order valence-electron chi connectivity index (χ1n) is 6.75. The molecule has 0 amide bonds. The summed E-state index contributed by atoms with van der Waals surface area (Å²) in [5.74, 6) is 0.806. The Kier molecular flexibility index (Phi) is 3.27. The zero-order valence-corrected chi connectivity index (χ0v) is 12.0. The van der Waals surface area contributed by atoms with Crippen LogP contribution in [0.3, 0.4) is 0 Å². The quantitative estimate of drug-likeness (QED) is 0.791. The molecule has 0 radical (unpaired) electrons. The Morgan fingerprint density at radius 1 is 1.18 bits per heavy atom. The Morgan fingerprint density at radius 3 is 2.47 bits per heavy atom. The molecule has 1 nitrogen and oxygen atoms in total. The standard InChI is InChI=1S/C15H20BrN/c1-11-3-2-8-17(11)15-9-13(10-15)12-4-6-14(16)7-5-12/h4-7,11,13,15H,2-3,8-10H2,1H3. The highest BCUT2D eigenvalue weighted by atomic mass is 79.9. The van der Waals surface area contributed by atoms with Crippen LogP contribution in [0.1, 0.15) is 44.1 Å². The van der Waals surface area contributed by atoms with Crippen molar-refractivity contribution < 1.29 is 0 Å². The van der Waals surface area contributed by atoms with Crippen LogP contribution in [-0.2, 0) is 0 Å². The maximum atomic E-state index is 3.50. The van der Waals surface area contributed by atoms with Gasteiger partial charge >= 0.3 is 0 Å². The number of nitrogens with zero attached hydrogens (tertiary/aromatic N) is 1. The highest BCUT2D eigenvalue weighted by Gasteiger charge is 2.37. The Hall–Kier alpha value is -0.340. The van der Waals surface area contributed by atoms with Gasteiger partial charge in [-0.1, -0.05) is 28.1 Å². The van der Waals surface area contributed by atoms with Gasteiger partial charge in [0.15, 0.2) is 0 Å². The third-order valence-corrected chi connectivity index (χ3v) is 5.06. The van der Waals surface area contributed by atoms with Crippen molar-refractivity contribution in [3.63, 3.8) is 0 Å². The summed E-state index contributed by atoms with van der Waals surface area (Å²) in [6, 6.07) is 10.6. The molecule has 2 fully saturated rings. The van der Waals surface area contributed by atoms with Gasteiger partial charge in [-0.2, -0.15) is 0 Å². The highest BCUT2D eigenvalue weighted by molar-refractivity contribution is 9.10. The zero-order valence-electron chi connectivity index (χ0n) is 10.4. The smallest absolute Gasteiger partial charge is 0.0175 e. The topological polar surface area (TPSA) is 3.24 Å². The molecule has 2 heteroatoms. The predicted molar refractivity (Wildman–Crippen MR) is 75.3 cm³/mol. The van der Waals surface area contributed by atoms with Crippen molar-refractivity contribution in [3.8, 4) is 0 Å². The first-order valence-corrected chi connectivity index (χ1v) is 7.54. The van der Waals surface area contributed by atoms with Gasteiger partial charge in [0.1, 0.15) is 0 Å². The number of halogens is 1. The Labute approximate surface area is 112 Å². The fourth-order valence-electron chi connectivity index (χ4n) is 3.36. The summed E-state index contributed by atoms with van der Waals surface area (Å²) in [5, 5.41) is 0. The molecule has 0 spiro atoms. The molecule has 3 rings (SSSR count). The second-order valence-electron chi connectivity index (χ2n) is 5.60. The van der Waals surface area contributed by atoms with Gasteiger partial charge in [-0.3, -0.25) is 4.90 Å². The van der Waals surface area contributed by atoms with Gasteiger partial charge in [-0.05, 0) is 62.8 Å². The molecule has 1 aliphatic carbocycles. The molecule has 1 unspecified atom stereocenters. The minimum absolute atomic E-state index is 0.806. The Bertz CT molecular complexity index is 380.